The SMILES string of the molecule is COC(=O)c1cnc(C2CC(OCc3ccccc3)C2)nc1. The Morgan fingerprint density at radius 1 is 1.18 bits per heavy atom. The molecule has 0 spiro atoms. The van der Waals surface area contributed by atoms with Gasteiger partial charge in [0.15, 0.2) is 0 Å². The molecule has 1 saturated carbocycles. The molecule has 1 aromatic carbocycles. The Kier molecular flexibility index (Phi) is 4.44. The first kappa shape index (κ1) is 14.7. The largest absolute Gasteiger partial charge is 0.465 e. The molecule has 5 nitrogen and oxygen atoms in total. The van der Waals surface area contributed by atoms with Gasteiger partial charge in [0.2, 0.25) is 0 Å². The lowest BCUT2D eigenvalue weighted by Crippen LogP contribution is -2.30. The van der Waals surface area contributed by atoms with E-state index in [9.17, 15) is 4.79 Å². The summed E-state index contributed by atoms with van der Waals surface area (Å²) in [5, 5.41) is 0. The summed E-state index contributed by atoms with van der Waals surface area (Å²) in [6, 6.07) is 10.1. The summed E-state index contributed by atoms with van der Waals surface area (Å²) < 4.78 is 10.5. The molecule has 1 aliphatic rings. The van der Waals surface area contributed by atoms with Crippen LogP contribution < -0.4 is 0 Å². The fourth-order valence-corrected chi connectivity index (χ4v) is 2.47. The number of hydrogen-bond donors (Lipinski definition) is 0. The highest BCUT2D eigenvalue weighted by Crippen LogP contribution is 2.37. The Bertz CT molecular complexity index is 622. The van der Waals surface area contributed by atoms with Gasteiger partial charge in [0, 0.05) is 18.3 Å². The van der Waals surface area contributed by atoms with E-state index in [0.29, 0.717) is 18.1 Å². The first-order chi connectivity index (χ1) is 10.8. The summed E-state index contributed by atoms with van der Waals surface area (Å²) in [6.45, 7) is 0.639. The third-order valence-corrected chi connectivity index (χ3v) is 3.88. The molecule has 0 N–H and O–H groups in total. The van der Waals surface area contributed by atoms with Crippen molar-refractivity contribution >= 4 is 5.97 Å². The van der Waals surface area contributed by atoms with Crippen LogP contribution in [0.3, 0.4) is 0 Å². The van der Waals surface area contributed by atoms with Gasteiger partial charge in [-0.25, -0.2) is 14.8 Å². The molecule has 1 aromatic heterocycles. The number of rotatable bonds is 5. The van der Waals surface area contributed by atoms with E-state index < -0.39 is 5.97 Å². The molecule has 3 rings (SSSR count). The molecular formula is C17H18N2O3. The maximum atomic E-state index is 11.3. The maximum absolute atomic E-state index is 11.3. The van der Waals surface area contributed by atoms with Crippen LogP contribution in [0.5, 0.6) is 0 Å². The van der Waals surface area contributed by atoms with E-state index >= 15 is 0 Å². The molecule has 22 heavy (non-hydrogen) atoms. The Morgan fingerprint density at radius 3 is 2.50 bits per heavy atom. The smallest absolute Gasteiger partial charge is 0.341 e. The molecule has 1 aliphatic carbocycles. The monoisotopic (exact) mass is 298 g/mol. The lowest BCUT2D eigenvalue weighted by atomic mass is 9.81. The summed E-state index contributed by atoms with van der Waals surface area (Å²) in [4.78, 5) is 19.8. The van der Waals surface area contributed by atoms with Crippen LogP contribution in [0, 0.1) is 0 Å². The van der Waals surface area contributed by atoms with Crippen molar-refractivity contribution in [3.63, 3.8) is 0 Å². The lowest BCUT2D eigenvalue weighted by Gasteiger charge is -2.34. The quantitative estimate of drug-likeness (QED) is 0.794. The average molecular weight is 298 g/mol. The van der Waals surface area contributed by atoms with Crippen molar-refractivity contribution in [3.05, 3.63) is 59.7 Å². The average Bonchev–Trinajstić information content (AvgIpc) is 2.54. The molecule has 0 radical (unpaired) electrons. The van der Waals surface area contributed by atoms with E-state index in [1.807, 2.05) is 18.2 Å². The minimum absolute atomic E-state index is 0.258. The van der Waals surface area contributed by atoms with E-state index in [4.69, 9.17) is 4.74 Å². The summed E-state index contributed by atoms with van der Waals surface area (Å²) in [7, 11) is 1.34. The first-order valence-corrected chi connectivity index (χ1v) is 7.32. The summed E-state index contributed by atoms with van der Waals surface area (Å²) >= 11 is 0. The van der Waals surface area contributed by atoms with Gasteiger partial charge in [0.1, 0.15) is 5.82 Å². The van der Waals surface area contributed by atoms with Crippen LogP contribution >= 0.6 is 0 Å². The zero-order chi connectivity index (χ0) is 15.4. The molecule has 2 aromatic rings. The van der Waals surface area contributed by atoms with Gasteiger partial charge in [0.25, 0.3) is 0 Å². The van der Waals surface area contributed by atoms with Crippen molar-refractivity contribution in [1.29, 1.82) is 0 Å². The zero-order valence-corrected chi connectivity index (χ0v) is 12.4. The fraction of sp³-hybridized carbons (Fsp3) is 0.353. The molecule has 0 saturated heterocycles. The molecule has 0 atom stereocenters. The third kappa shape index (κ3) is 3.31. The van der Waals surface area contributed by atoms with Gasteiger partial charge in [-0.1, -0.05) is 30.3 Å². The number of aromatic nitrogens is 2. The number of hydrogen-bond acceptors (Lipinski definition) is 5. The first-order valence-electron chi connectivity index (χ1n) is 7.32. The van der Waals surface area contributed by atoms with Crippen molar-refractivity contribution in [1.82, 2.24) is 9.97 Å². The number of carbonyl (C=O) groups excluding carboxylic acids is 1. The van der Waals surface area contributed by atoms with Crippen molar-refractivity contribution in [3.8, 4) is 0 Å². The van der Waals surface area contributed by atoms with Crippen molar-refractivity contribution in [2.24, 2.45) is 0 Å². The number of benzene rings is 1. The van der Waals surface area contributed by atoms with Gasteiger partial charge in [0.05, 0.1) is 25.4 Å². The van der Waals surface area contributed by atoms with E-state index in [2.05, 4.69) is 26.8 Å². The maximum Gasteiger partial charge on any atom is 0.341 e. The number of carbonyl (C=O) groups is 1. The lowest BCUT2D eigenvalue weighted by molar-refractivity contribution is -0.0223. The van der Waals surface area contributed by atoms with Crippen LogP contribution in [0.25, 0.3) is 0 Å². The number of esters is 1. The highest BCUT2D eigenvalue weighted by molar-refractivity contribution is 5.88. The van der Waals surface area contributed by atoms with E-state index in [-0.39, 0.29) is 6.10 Å². The van der Waals surface area contributed by atoms with E-state index in [1.54, 1.807) is 0 Å². The van der Waals surface area contributed by atoms with Gasteiger partial charge < -0.3 is 9.47 Å². The minimum atomic E-state index is -0.413. The highest BCUT2D eigenvalue weighted by Gasteiger charge is 2.33. The normalized spacial score (nSPS) is 20.2. The second kappa shape index (κ2) is 6.66. The molecule has 1 fully saturated rings. The molecule has 0 bridgehead atoms. The summed E-state index contributed by atoms with van der Waals surface area (Å²) in [5.74, 6) is 0.670. The highest BCUT2D eigenvalue weighted by atomic mass is 16.5. The van der Waals surface area contributed by atoms with Crippen molar-refractivity contribution < 1.29 is 14.3 Å². The third-order valence-electron chi connectivity index (χ3n) is 3.88. The summed E-state index contributed by atoms with van der Waals surface area (Å²) in [5.41, 5.74) is 1.56. The number of nitrogens with zero attached hydrogens (tertiary/aromatic N) is 2. The zero-order valence-electron chi connectivity index (χ0n) is 12.4. The molecular weight excluding hydrogens is 280 g/mol. The minimum Gasteiger partial charge on any atom is -0.465 e. The predicted octanol–water partition coefficient (Wildman–Crippen LogP) is 2.73. The number of ether oxygens (including phenoxy) is 2. The molecule has 5 heteroatoms. The topological polar surface area (TPSA) is 61.3 Å². The van der Waals surface area contributed by atoms with Crippen LogP contribution in [0.4, 0.5) is 0 Å². The second-order valence-corrected chi connectivity index (χ2v) is 5.41. The van der Waals surface area contributed by atoms with Crippen LogP contribution in [-0.4, -0.2) is 29.2 Å². The molecule has 114 valence electrons. The number of methoxy groups -OCH3 is 1. The van der Waals surface area contributed by atoms with Gasteiger partial charge >= 0.3 is 5.97 Å². The van der Waals surface area contributed by atoms with Crippen LogP contribution in [-0.2, 0) is 16.1 Å². The van der Waals surface area contributed by atoms with Crippen molar-refractivity contribution in [2.45, 2.75) is 31.5 Å². The van der Waals surface area contributed by atoms with Crippen LogP contribution in [0.15, 0.2) is 42.7 Å². The summed E-state index contributed by atoms with van der Waals surface area (Å²) in [6.07, 6.45) is 5.14. The molecule has 0 amide bonds. The fourth-order valence-electron chi connectivity index (χ4n) is 2.47. The Morgan fingerprint density at radius 2 is 1.86 bits per heavy atom. The Balaban J connectivity index is 1.48. The van der Waals surface area contributed by atoms with Gasteiger partial charge in [-0.15, -0.1) is 0 Å². The van der Waals surface area contributed by atoms with Gasteiger partial charge in [-0.3, -0.25) is 0 Å². The van der Waals surface area contributed by atoms with E-state index in [1.165, 1.54) is 25.1 Å². The Hall–Kier alpha value is -2.27. The standard InChI is InChI=1S/C17H18N2O3/c1-21-17(20)14-9-18-16(19-10-14)13-7-15(8-13)22-11-12-5-3-2-4-6-12/h2-6,9-10,13,15H,7-8,11H2,1H3. The van der Waals surface area contributed by atoms with E-state index in [0.717, 1.165) is 18.7 Å². The molecule has 0 aliphatic heterocycles. The van der Waals surface area contributed by atoms with Gasteiger partial charge in [-0.2, -0.15) is 0 Å². The second-order valence-electron chi connectivity index (χ2n) is 5.41. The molecule has 0 unspecified atom stereocenters. The Labute approximate surface area is 129 Å². The molecule has 1 heterocycles. The predicted molar refractivity (Wildman–Crippen MR) is 80.4 cm³/mol. The van der Waals surface area contributed by atoms with Gasteiger partial charge in [-0.05, 0) is 18.4 Å². The van der Waals surface area contributed by atoms with Crippen LogP contribution in [0.1, 0.15) is 40.5 Å². The van der Waals surface area contributed by atoms with Crippen LogP contribution in [0.2, 0.25) is 0 Å². The van der Waals surface area contributed by atoms with Crippen molar-refractivity contribution in [2.75, 3.05) is 7.11 Å².